The molecule has 1 saturated carbocycles. The molecule has 2 N–H and O–H groups in total. The zero-order chi connectivity index (χ0) is 26.6. The van der Waals surface area contributed by atoms with Crippen LogP contribution in [0.25, 0.3) is 0 Å². The van der Waals surface area contributed by atoms with Gasteiger partial charge in [0.05, 0.1) is 30.8 Å². The third kappa shape index (κ3) is 7.53. The minimum absolute atomic E-state index is 0.0402. The van der Waals surface area contributed by atoms with Crippen molar-refractivity contribution >= 4 is 5.97 Å². The van der Waals surface area contributed by atoms with Crippen molar-refractivity contribution in [1.29, 1.82) is 0 Å². The fourth-order valence-corrected chi connectivity index (χ4v) is 6.09. The van der Waals surface area contributed by atoms with Gasteiger partial charge in [-0.3, -0.25) is 4.79 Å². The number of rotatable bonds is 10. The lowest BCUT2D eigenvalue weighted by Gasteiger charge is -2.41. The molecule has 3 aliphatic rings. The van der Waals surface area contributed by atoms with Crippen molar-refractivity contribution in [3.63, 3.8) is 0 Å². The van der Waals surface area contributed by atoms with E-state index in [1.807, 2.05) is 25.1 Å². The molecule has 6 nitrogen and oxygen atoms in total. The van der Waals surface area contributed by atoms with E-state index in [-0.39, 0.29) is 24.7 Å². The second-order valence-corrected chi connectivity index (χ2v) is 11.8. The molecule has 204 valence electrons. The minimum atomic E-state index is -0.870. The summed E-state index contributed by atoms with van der Waals surface area (Å²) < 4.78 is 12.3. The van der Waals surface area contributed by atoms with Crippen LogP contribution >= 0.6 is 0 Å². The first-order chi connectivity index (χ1) is 17.0. The van der Waals surface area contributed by atoms with Gasteiger partial charge in [-0.1, -0.05) is 58.1 Å². The summed E-state index contributed by atoms with van der Waals surface area (Å²) in [6.07, 6.45) is 14.1. The monoisotopic (exact) mass is 503 g/mol. The Bertz CT molecular complexity index is 820. The SMILES string of the molecule is CC[C@H]1O[C@@H](/C(C)=C/[C@H](C)/C=C/[C@H]2[C@@H](C)[C@@H]2/C=C/[C@@H]2O[C@H](CC(=O)O)C[C@H](N(C)C)[C@H]2O)CC[C@@H]1C. The van der Waals surface area contributed by atoms with Gasteiger partial charge in [-0.25, -0.2) is 0 Å². The van der Waals surface area contributed by atoms with Crippen LogP contribution in [0.5, 0.6) is 0 Å². The molecule has 0 amide bonds. The molecular formula is C30H49NO5. The van der Waals surface area contributed by atoms with E-state index < -0.39 is 18.2 Å². The summed E-state index contributed by atoms with van der Waals surface area (Å²) in [6.45, 7) is 11.2. The zero-order valence-electron chi connectivity index (χ0n) is 23.3. The normalized spacial score (nSPS) is 40.8. The molecule has 36 heavy (non-hydrogen) atoms. The Morgan fingerprint density at radius 3 is 2.44 bits per heavy atom. The third-order valence-corrected chi connectivity index (χ3v) is 8.62. The van der Waals surface area contributed by atoms with Crippen molar-refractivity contribution in [2.75, 3.05) is 14.1 Å². The average molecular weight is 504 g/mol. The van der Waals surface area contributed by atoms with Crippen molar-refractivity contribution in [2.24, 2.45) is 29.6 Å². The molecule has 0 bridgehead atoms. The van der Waals surface area contributed by atoms with E-state index in [0.717, 1.165) is 12.8 Å². The van der Waals surface area contributed by atoms with Crippen LogP contribution in [0.15, 0.2) is 36.0 Å². The van der Waals surface area contributed by atoms with E-state index in [9.17, 15) is 15.0 Å². The molecule has 0 spiro atoms. The lowest BCUT2D eigenvalue weighted by molar-refractivity contribution is -0.153. The maximum atomic E-state index is 11.2. The van der Waals surface area contributed by atoms with E-state index in [2.05, 4.69) is 58.9 Å². The Morgan fingerprint density at radius 1 is 1.11 bits per heavy atom. The maximum Gasteiger partial charge on any atom is 0.305 e. The molecular weight excluding hydrogens is 454 g/mol. The highest BCUT2D eigenvalue weighted by molar-refractivity contribution is 5.67. The number of nitrogens with zero attached hydrogens (tertiary/aromatic N) is 1. The van der Waals surface area contributed by atoms with Gasteiger partial charge in [-0.05, 0) is 81.9 Å². The molecule has 0 radical (unpaired) electrons. The Kier molecular flexibility index (Phi) is 10.4. The van der Waals surface area contributed by atoms with Crippen LogP contribution in [0.1, 0.15) is 66.7 Å². The number of hydrogen-bond acceptors (Lipinski definition) is 5. The first-order valence-electron chi connectivity index (χ1n) is 13.9. The summed E-state index contributed by atoms with van der Waals surface area (Å²) in [6, 6.07) is -0.120. The van der Waals surface area contributed by atoms with Crippen LogP contribution in [-0.4, -0.2) is 71.7 Å². The Morgan fingerprint density at radius 2 is 1.81 bits per heavy atom. The van der Waals surface area contributed by atoms with Crippen molar-refractivity contribution in [3.8, 4) is 0 Å². The van der Waals surface area contributed by atoms with Gasteiger partial charge in [0.15, 0.2) is 0 Å². The number of carboxylic acids is 1. The molecule has 0 aromatic heterocycles. The number of aliphatic carboxylic acids is 1. The molecule has 3 rings (SSSR count). The molecule has 1 aliphatic carbocycles. The number of aliphatic hydroxyl groups excluding tert-OH is 1. The van der Waals surface area contributed by atoms with Crippen LogP contribution in [0, 0.1) is 29.6 Å². The number of hydrogen-bond donors (Lipinski definition) is 2. The summed E-state index contributed by atoms with van der Waals surface area (Å²) in [5, 5.41) is 20.0. The number of carboxylic acid groups (broad SMARTS) is 1. The number of likely N-dealkylation sites (N-methyl/N-ethyl adjacent to an activating group) is 1. The van der Waals surface area contributed by atoms with Gasteiger partial charge in [0, 0.05) is 6.04 Å². The fourth-order valence-electron chi connectivity index (χ4n) is 6.09. The Labute approximate surface area is 218 Å². The highest BCUT2D eigenvalue weighted by atomic mass is 16.5. The Balaban J connectivity index is 1.55. The molecule has 11 atom stereocenters. The van der Waals surface area contributed by atoms with E-state index in [1.165, 1.54) is 12.0 Å². The summed E-state index contributed by atoms with van der Waals surface area (Å²) >= 11 is 0. The quantitative estimate of drug-likeness (QED) is 0.405. The van der Waals surface area contributed by atoms with Crippen molar-refractivity contribution in [1.82, 2.24) is 4.90 Å². The van der Waals surface area contributed by atoms with Crippen LogP contribution in [0.3, 0.4) is 0 Å². The fraction of sp³-hybridized carbons (Fsp3) is 0.767. The van der Waals surface area contributed by atoms with Crippen LogP contribution < -0.4 is 0 Å². The van der Waals surface area contributed by atoms with Crippen molar-refractivity contribution in [2.45, 2.75) is 103 Å². The molecule has 3 fully saturated rings. The highest BCUT2D eigenvalue weighted by Crippen LogP contribution is 2.48. The van der Waals surface area contributed by atoms with Gasteiger partial charge in [0.1, 0.15) is 6.10 Å². The number of allylic oxidation sites excluding steroid dienone is 4. The largest absolute Gasteiger partial charge is 0.481 e. The maximum absolute atomic E-state index is 11.2. The van der Waals surface area contributed by atoms with Crippen LogP contribution in [0.4, 0.5) is 0 Å². The number of carbonyl (C=O) groups is 1. The molecule has 2 heterocycles. The summed E-state index contributed by atoms with van der Waals surface area (Å²) in [5.41, 5.74) is 1.34. The summed E-state index contributed by atoms with van der Waals surface area (Å²) in [4.78, 5) is 13.2. The predicted octanol–water partition coefficient (Wildman–Crippen LogP) is 5.08. The topological polar surface area (TPSA) is 79.2 Å². The van der Waals surface area contributed by atoms with E-state index >= 15 is 0 Å². The summed E-state index contributed by atoms with van der Waals surface area (Å²) in [5.74, 6) is 1.57. The number of aliphatic hydroxyl groups is 1. The lowest BCUT2D eigenvalue weighted by Crippen LogP contribution is -2.53. The zero-order valence-corrected chi connectivity index (χ0v) is 23.3. The second kappa shape index (κ2) is 12.9. The first kappa shape index (κ1) is 29.1. The van der Waals surface area contributed by atoms with E-state index in [0.29, 0.717) is 42.1 Å². The molecule has 2 aliphatic heterocycles. The van der Waals surface area contributed by atoms with Gasteiger partial charge < -0.3 is 24.6 Å². The van der Waals surface area contributed by atoms with Gasteiger partial charge in [0.2, 0.25) is 0 Å². The van der Waals surface area contributed by atoms with Gasteiger partial charge in [-0.15, -0.1) is 0 Å². The smallest absolute Gasteiger partial charge is 0.305 e. The van der Waals surface area contributed by atoms with Crippen molar-refractivity contribution in [3.05, 3.63) is 36.0 Å². The third-order valence-electron chi connectivity index (χ3n) is 8.62. The standard InChI is InChI=1S/C30H49NO5/c1-8-26-19(3)10-13-27(36-26)20(4)15-18(2)9-11-23-21(5)24(23)12-14-28-30(34)25(31(6)7)16-22(35-28)17-29(32)33/h9,11-12,14-15,18-19,21-28,30,34H,8,10,13,16-17H2,1-7H3,(H,32,33)/b11-9+,14-12+,20-15+/t18-,19+,21-,22+,23+,24+,25+,26-,27-,28+,30-/m1/s1. The predicted molar refractivity (Wildman–Crippen MR) is 144 cm³/mol. The van der Waals surface area contributed by atoms with E-state index in [1.54, 1.807) is 0 Å². The molecule has 6 heteroatoms. The first-order valence-corrected chi connectivity index (χ1v) is 13.9. The average Bonchev–Trinajstić information content (AvgIpc) is 3.44. The van der Waals surface area contributed by atoms with Crippen LogP contribution in [-0.2, 0) is 14.3 Å². The second-order valence-electron chi connectivity index (χ2n) is 11.8. The minimum Gasteiger partial charge on any atom is -0.481 e. The Hall–Kier alpha value is -1.47. The van der Waals surface area contributed by atoms with Gasteiger partial charge >= 0.3 is 5.97 Å². The van der Waals surface area contributed by atoms with Gasteiger partial charge in [0.25, 0.3) is 0 Å². The molecule has 2 saturated heterocycles. The molecule has 0 unspecified atom stereocenters. The van der Waals surface area contributed by atoms with E-state index in [4.69, 9.17) is 9.47 Å². The highest BCUT2D eigenvalue weighted by Gasteiger charge is 2.44. The molecule has 0 aromatic carbocycles. The molecule has 0 aromatic rings. The van der Waals surface area contributed by atoms with Crippen molar-refractivity contribution < 1.29 is 24.5 Å². The lowest BCUT2D eigenvalue weighted by atomic mass is 9.89. The summed E-state index contributed by atoms with van der Waals surface area (Å²) in [7, 11) is 3.84. The van der Waals surface area contributed by atoms with Crippen LogP contribution in [0.2, 0.25) is 0 Å². The number of ether oxygens (including phenoxy) is 2. The van der Waals surface area contributed by atoms with Gasteiger partial charge in [-0.2, -0.15) is 0 Å².